The van der Waals surface area contributed by atoms with Crippen molar-refractivity contribution in [1.82, 2.24) is 20.1 Å². The number of carbonyl (C=O) groups excluding carboxylic acids is 1. The van der Waals surface area contributed by atoms with Crippen LogP contribution < -0.4 is 5.32 Å². The molecule has 0 saturated heterocycles. The van der Waals surface area contributed by atoms with Crippen molar-refractivity contribution >= 4 is 29.1 Å². The molecule has 0 saturated carbocycles. The zero-order chi connectivity index (χ0) is 14.7. The van der Waals surface area contributed by atoms with E-state index in [-0.39, 0.29) is 11.1 Å². The molecule has 7 heteroatoms. The summed E-state index contributed by atoms with van der Waals surface area (Å²) >= 11 is 11.5. The molecule has 2 heterocycles. The number of nitrogens with zero attached hydrogens (tertiary/aromatic N) is 2. The van der Waals surface area contributed by atoms with Crippen LogP contribution in [0.4, 0.5) is 0 Å². The predicted molar refractivity (Wildman–Crippen MR) is 79.5 cm³/mol. The van der Waals surface area contributed by atoms with Gasteiger partial charge in [0, 0.05) is 18.8 Å². The molecule has 0 fully saturated rings. The number of halogens is 2. The van der Waals surface area contributed by atoms with Crippen molar-refractivity contribution < 1.29 is 4.79 Å². The molecule has 2 aromatic rings. The number of carbonyl (C=O) groups is 1. The fourth-order valence-electron chi connectivity index (χ4n) is 1.95. The Morgan fingerprint density at radius 2 is 2.15 bits per heavy atom. The highest BCUT2D eigenvalue weighted by Gasteiger charge is 2.10. The molecule has 0 bridgehead atoms. The summed E-state index contributed by atoms with van der Waals surface area (Å²) in [5.74, 6) is -0.216. The van der Waals surface area contributed by atoms with Crippen molar-refractivity contribution in [2.75, 3.05) is 6.54 Å². The number of H-pyrrole nitrogens is 1. The van der Waals surface area contributed by atoms with Crippen LogP contribution in [-0.4, -0.2) is 27.2 Å². The molecule has 0 radical (unpaired) electrons. The Labute approximate surface area is 127 Å². The van der Waals surface area contributed by atoms with E-state index >= 15 is 0 Å². The van der Waals surface area contributed by atoms with Crippen LogP contribution in [0.5, 0.6) is 0 Å². The fraction of sp³-hybridized carbons (Fsp3) is 0.385. The molecule has 0 aliphatic rings. The van der Waals surface area contributed by atoms with Gasteiger partial charge in [0.15, 0.2) is 0 Å². The first kappa shape index (κ1) is 14.9. The van der Waals surface area contributed by atoms with Gasteiger partial charge < -0.3 is 10.3 Å². The molecule has 0 atom stereocenters. The zero-order valence-corrected chi connectivity index (χ0v) is 12.8. The number of hydrogen-bond acceptors (Lipinski definition) is 2. The molecule has 1 amide bonds. The Hall–Kier alpha value is -1.46. The van der Waals surface area contributed by atoms with Gasteiger partial charge in [-0.25, -0.2) is 0 Å². The average Bonchev–Trinajstić information content (AvgIpc) is 2.88. The molecule has 0 spiro atoms. The predicted octanol–water partition coefficient (Wildman–Crippen LogP) is 2.95. The normalized spacial score (nSPS) is 10.8. The lowest BCUT2D eigenvalue weighted by Crippen LogP contribution is -2.25. The van der Waals surface area contributed by atoms with Crippen LogP contribution in [0.1, 0.15) is 28.3 Å². The summed E-state index contributed by atoms with van der Waals surface area (Å²) in [5, 5.41) is 7.79. The Balaban J connectivity index is 1.78. The molecule has 108 valence electrons. The van der Waals surface area contributed by atoms with Crippen LogP contribution in [0.15, 0.2) is 12.1 Å². The molecule has 0 aliphatic heterocycles. The smallest absolute Gasteiger partial charge is 0.267 e. The monoisotopic (exact) mass is 314 g/mol. The van der Waals surface area contributed by atoms with E-state index in [9.17, 15) is 4.79 Å². The van der Waals surface area contributed by atoms with Crippen LogP contribution in [-0.2, 0) is 6.54 Å². The van der Waals surface area contributed by atoms with Gasteiger partial charge in [-0.2, -0.15) is 5.10 Å². The summed E-state index contributed by atoms with van der Waals surface area (Å²) in [6, 6.07) is 3.54. The molecule has 0 unspecified atom stereocenters. The van der Waals surface area contributed by atoms with E-state index in [0.29, 0.717) is 17.3 Å². The van der Waals surface area contributed by atoms with E-state index in [4.69, 9.17) is 23.2 Å². The highest BCUT2D eigenvalue weighted by Crippen LogP contribution is 2.21. The Kier molecular flexibility index (Phi) is 4.73. The average molecular weight is 315 g/mol. The molecule has 0 aliphatic carbocycles. The minimum absolute atomic E-state index is 0.216. The molecular weight excluding hydrogens is 299 g/mol. The highest BCUT2D eigenvalue weighted by atomic mass is 35.5. The third-order valence-corrected chi connectivity index (χ3v) is 3.60. The van der Waals surface area contributed by atoms with Gasteiger partial charge in [-0.1, -0.05) is 23.2 Å². The largest absolute Gasteiger partial charge is 0.351 e. The Morgan fingerprint density at radius 3 is 2.70 bits per heavy atom. The van der Waals surface area contributed by atoms with Gasteiger partial charge in [0.05, 0.1) is 10.7 Å². The molecule has 5 nitrogen and oxygen atoms in total. The zero-order valence-electron chi connectivity index (χ0n) is 11.3. The second-order valence-electron chi connectivity index (χ2n) is 4.60. The lowest BCUT2D eigenvalue weighted by Gasteiger charge is -2.05. The Bertz CT molecular complexity index is 598. The highest BCUT2D eigenvalue weighted by molar-refractivity contribution is 6.41. The lowest BCUT2D eigenvalue weighted by atomic mass is 10.3. The van der Waals surface area contributed by atoms with Gasteiger partial charge in [-0.3, -0.25) is 9.48 Å². The van der Waals surface area contributed by atoms with Crippen LogP contribution in [0.2, 0.25) is 10.2 Å². The van der Waals surface area contributed by atoms with Gasteiger partial charge in [0.1, 0.15) is 10.8 Å². The topological polar surface area (TPSA) is 62.7 Å². The molecule has 2 rings (SSSR count). The first-order valence-corrected chi connectivity index (χ1v) is 7.06. The number of aromatic nitrogens is 3. The molecule has 2 N–H and O–H groups in total. The number of aromatic amines is 1. The Morgan fingerprint density at radius 1 is 1.40 bits per heavy atom. The van der Waals surface area contributed by atoms with E-state index in [0.717, 1.165) is 24.4 Å². The second kappa shape index (κ2) is 6.33. The standard InChI is InChI=1S/C13H16Cl2N4O/c1-8-6-9(2)19(18-8)5-3-4-16-13(20)11-7-10(14)12(15)17-11/h6-7,17H,3-5H2,1-2H3,(H,16,20). The van der Waals surface area contributed by atoms with Gasteiger partial charge in [0.2, 0.25) is 0 Å². The van der Waals surface area contributed by atoms with Gasteiger partial charge in [0.25, 0.3) is 5.91 Å². The van der Waals surface area contributed by atoms with Crippen molar-refractivity contribution in [3.05, 3.63) is 39.4 Å². The van der Waals surface area contributed by atoms with Crippen molar-refractivity contribution in [3.63, 3.8) is 0 Å². The third-order valence-electron chi connectivity index (χ3n) is 2.91. The number of hydrogen-bond donors (Lipinski definition) is 2. The van der Waals surface area contributed by atoms with Crippen molar-refractivity contribution in [3.8, 4) is 0 Å². The van der Waals surface area contributed by atoms with E-state index in [1.54, 1.807) is 0 Å². The summed E-state index contributed by atoms with van der Waals surface area (Å²) in [7, 11) is 0. The van der Waals surface area contributed by atoms with E-state index in [1.165, 1.54) is 6.07 Å². The van der Waals surface area contributed by atoms with Crippen molar-refractivity contribution in [2.24, 2.45) is 0 Å². The summed E-state index contributed by atoms with van der Waals surface area (Å²) in [6.45, 7) is 5.31. The second-order valence-corrected chi connectivity index (χ2v) is 5.39. The maximum absolute atomic E-state index is 11.8. The maximum Gasteiger partial charge on any atom is 0.267 e. The van der Waals surface area contributed by atoms with Crippen LogP contribution >= 0.6 is 23.2 Å². The molecular formula is C13H16Cl2N4O. The minimum Gasteiger partial charge on any atom is -0.351 e. The quantitative estimate of drug-likeness (QED) is 0.833. The van der Waals surface area contributed by atoms with Crippen LogP contribution in [0.25, 0.3) is 0 Å². The first-order valence-electron chi connectivity index (χ1n) is 6.30. The van der Waals surface area contributed by atoms with E-state index in [2.05, 4.69) is 15.4 Å². The molecule has 2 aromatic heterocycles. The van der Waals surface area contributed by atoms with Crippen molar-refractivity contribution in [1.29, 1.82) is 0 Å². The third kappa shape index (κ3) is 3.55. The number of nitrogens with one attached hydrogen (secondary N) is 2. The number of rotatable bonds is 5. The summed E-state index contributed by atoms with van der Waals surface area (Å²) in [5.41, 5.74) is 2.49. The van der Waals surface area contributed by atoms with Gasteiger partial charge >= 0.3 is 0 Å². The SMILES string of the molecule is Cc1cc(C)n(CCCNC(=O)c2cc(Cl)c(Cl)[nH]2)n1. The van der Waals surface area contributed by atoms with Crippen LogP contribution in [0.3, 0.4) is 0 Å². The van der Waals surface area contributed by atoms with Gasteiger partial charge in [-0.05, 0) is 32.4 Å². The number of amides is 1. The summed E-state index contributed by atoms with van der Waals surface area (Å²) in [6.07, 6.45) is 0.801. The lowest BCUT2D eigenvalue weighted by molar-refractivity contribution is 0.0948. The minimum atomic E-state index is -0.216. The van der Waals surface area contributed by atoms with Gasteiger partial charge in [-0.15, -0.1) is 0 Å². The molecule has 20 heavy (non-hydrogen) atoms. The van der Waals surface area contributed by atoms with Crippen molar-refractivity contribution in [2.45, 2.75) is 26.8 Å². The van der Waals surface area contributed by atoms with E-state index < -0.39 is 0 Å². The fourth-order valence-corrected chi connectivity index (χ4v) is 2.27. The summed E-state index contributed by atoms with van der Waals surface area (Å²) < 4.78 is 1.93. The first-order chi connectivity index (χ1) is 9.47. The summed E-state index contributed by atoms with van der Waals surface area (Å²) in [4.78, 5) is 14.5. The number of aryl methyl sites for hydroxylation is 3. The maximum atomic E-state index is 11.8. The molecule has 0 aromatic carbocycles. The van der Waals surface area contributed by atoms with E-state index in [1.807, 2.05) is 24.6 Å². The van der Waals surface area contributed by atoms with Crippen LogP contribution in [0, 0.1) is 13.8 Å².